The van der Waals surface area contributed by atoms with Crippen molar-refractivity contribution in [3.63, 3.8) is 0 Å². The lowest BCUT2D eigenvalue weighted by molar-refractivity contribution is 0.0934. The Morgan fingerprint density at radius 1 is 1.22 bits per heavy atom. The number of carbonyl (C=O) groups excluding carboxylic acids is 1. The predicted octanol–water partition coefficient (Wildman–Crippen LogP) is 2.27. The van der Waals surface area contributed by atoms with Gasteiger partial charge < -0.3 is 10.2 Å². The van der Waals surface area contributed by atoms with Crippen molar-refractivity contribution in [3.05, 3.63) is 47.5 Å². The van der Waals surface area contributed by atoms with Crippen molar-refractivity contribution >= 4 is 11.9 Å². The quantitative estimate of drug-likeness (QED) is 0.938. The van der Waals surface area contributed by atoms with Gasteiger partial charge in [-0.15, -0.1) is 0 Å². The van der Waals surface area contributed by atoms with E-state index in [1.165, 1.54) is 0 Å². The lowest BCUT2D eigenvalue weighted by Crippen LogP contribution is -2.29. The SMILES string of the molecule is Cc1cc(C(=O)N[C@@H](C)c2ccncc2)nc(N2CCCC2)n1. The largest absolute Gasteiger partial charge is 0.344 e. The molecule has 1 aliphatic heterocycles. The van der Waals surface area contributed by atoms with Crippen LogP contribution >= 0.6 is 0 Å². The summed E-state index contributed by atoms with van der Waals surface area (Å²) < 4.78 is 0. The minimum atomic E-state index is -0.180. The molecule has 1 atom stereocenters. The molecule has 1 aliphatic rings. The van der Waals surface area contributed by atoms with Crippen LogP contribution in [-0.4, -0.2) is 33.9 Å². The Morgan fingerprint density at radius 2 is 1.91 bits per heavy atom. The summed E-state index contributed by atoms with van der Waals surface area (Å²) in [5, 5.41) is 2.98. The third-order valence-electron chi connectivity index (χ3n) is 4.02. The second kappa shape index (κ2) is 6.73. The fourth-order valence-corrected chi connectivity index (χ4v) is 2.73. The second-order valence-corrected chi connectivity index (χ2v) is 5.86. The van der Waals surface area contributed by atoms with Crippen molar-refractivity contribution in [2.24, 2.45) is 0 Å². The number of amides is 1. The molecule has 3 heterocycles. The maximum Gasteiger partial charge on any atom is 0.270 e. The third kappa shape index (κ3) is 3.64. The Bertz CT molecular complexity index is 683. The monoisotopic (exact) mass is 311 g/mol. The van der Waals surface area contributed by atoms with Crippen LogP contribution in [0, 0.1) is 6.92 Å². The van der Waals surface area contributed by atoms with E-state index >= 15 is 0 Å². The highest BCUT2D eigenvalue weighted by atomic mass is 16.1. The molecule has 6 nitrogen and oxygen atoms in total. The van der Waals surface area contributed by atoms with Gasteiger partial charge >= 0.3 is 0 Å². The highest BCUT2D eigenvalue weighted by molar-refractivity contribution is 5.92. The molecule has 2 aromatic heterocycles. The molecule has 6 heteroatoms. The van der Waals surface area contributed by atoms with Gasteiger partial charge in [0.1, 0.15) is 5.69 Å². The van der Waals surface area contributed by atoms with Gasteiger partial charge in [0, 0.05) is 31.2 Å². The lowest BCUT2D eigenvalue weighted by Gasteiger charge is -2.17. The summed E-state index contributed by atoms with van der Waals surface area (Å²) >= 11 is 0. The number of aryl methyl sites for hydroxylation is 1. The first-order valence-electron chi connectivity index (χ1n) is 7.95. The van der Waals surface area contributed by atoms with Gasteiger partial charge in [-0.1, -0.05) is 0 Å². The van der Waals surface area contributed by atoms with Crippen molar-refractivity contribution in [2.45, 2.75) is 32.7 Å². The summed E-state index contributed by atoms with van der Waals surface area (Å²) in [6, 6.07) is 5.42. The zero-order chi connectivity index (χ0) is 16.2. The summed E-state index contributed by atoms with van der Waals surface area (Å²) in [5.74, 6) is 0.476. The van der Waals surface area contributed by atoms with Gasteiger partial charge in [-0.2, -0.15) is 0 Å². The fourth-order valence-electron chi connectivity index (χ4n) is 2.73. The first-order valence-corrected chi connectivity index (χ1v) is 7.95. The number of hydrogen-bond donors (Lipinski definition) is 1. The minimum absolute atomic E-state index is 0.101. The Kier molecular flexibility index (Phi) is 4.50. The van der Waals surface area contributed by atoms with Crippen LogP contribution in [0.4, 0.5) is 5.95 Å². The Morgan fingerprint density at radius 3 is 2.61 bits per heavy atom. The van der Waals surface area contributed by atoms with Crippen molar-refractivity contribution in [3.8, 4) is 0 Å². The molecule has 0 aliphatic carbocycles. The van der Waals surface area contributed by atoms with Gasteiger partial charge in [0.2, 0.25) is 5.95 Å². The van der Waals surface area contributed by atoms with Crippen LogP contribution in [0.25, 0.3) is 0 Å². The first kappa shape index (κ1) is 15.4. The maximum atomic E-state index is 12.5. The van der Waals surface area contributed by atoms with Crippen molar-refractivity contribution in [1.29, 1.82) is 0 Å². The minimum Gasteiger partial charge on any atom is -0.344 e. The number of hydrogen-bond acceptors (Lipinski definition) is 5. The highest BCUT2D eigenvalue weighted by Gasteiger charge is 2.19. The van der Waals surface area contributed by atoms with Crippen molar-refractivity contribution in [1.82, 2.24) is 20.3 Å². The van der Waals surface area contributed by atoms with Gasteiger partial charge in [0.15, 0.2) is 0 Å². The number of pyridine rings is 1. The zero-order valence-electron chi connectivity index (χ0n) is 13.5. The van der Waals surface area contributed by atoms with E-state index < -0.39 is 0 Å². The highest BCUT2D eigenvalue weighted by Crippen LogP contribution is 2.17. The maximum absolute atomic E-state index is 12.5. The molecule has 3 rings (SSSR count). The zero-order valence-corrected chi connectivity index (χ0v) is 13.5. The molecule has 1 saturated heterocycles. The Hall–Kier alpha value is -2.50. The van der Waals surface area contributed by atoms with Gasteiger partial charge in [0.05, 0.1) is 6.04 Å². The topological polar surface area (TPSA) is 71.0 Å². The third-order valence-corrected chi connectivity index (χ3v) is 4.02. The molecule has 1 amide bonds. The predicted molar refractivity (Wildman–Crippen MR) is 88.3 cm³/mol. The molecule has 0 aromatic carbocycles. The molecule has 1 N–H and O–H groups in total. The van der Waals surface area contributed by atoms with Crippen molar-refractivity contribution < 1.29 is 4.79 Å². The molecule has 120 valence electrons. The van der Waals surface area contributed by atoms with E-state index in [0.717, 1.165) is 37.2 Å². The van der Waals surface area contributed by atoms with E-state index in [4.69, 9.17) is 0 Å². The molecule has 0 spiro atoms. The number of nitrogens with one attached hydrogen (secondary N) is 1. The number of anilines is 1. The van der Waals surface area contributed by atoms with Crippen LogP contribution in [0.15, 0.2) is 30.6 Å². The molecule has 0 unspecified atom stereocenters. The van der Waals surface area contributed by atoms with E-state index in [1.54, 1.807) is 18.5 Å². The van der Waals surface area contributed by atoms with E-state index in [0.29, 0.717) is 11.6 Å². The average Bonchev–Trinajstić information content (AvgIpc) is 3.09. The molecule has 23 heavy (non-hydrogen) atoms. The summed E-state index contributed by atoms with van der Waals surface area (Å²) in [4.78, 5) is 27.6. The molecule has 0 bridgehead atoms. The number of rotatable bonds is 4. The fraction of sp³-hybridized carbons (Fsp3) is 0.412. The smallest absolute Gasteiger partial charge is 0.270 e. The van der Waals surface area contributed by atoms with E-state index in [2.05, 4.69) is 25.2 Å². The van der Waals surface area contributed by atoms with Crippen LogP contribution in [0.3, 0.4) is 0 Å². The van der Waals surface area contributed by atoms with E-state index in [1.807, 2.05) is 26.0 Å². The standard InChI is InChI=1S/C17H21N5O/c1-12-11-15(21-17(19-12)22-9-3-4-10-22)16(23)20-13(2)14-5-7-18-8-6-14/h5-8,11,13H,3-4,9-10H2,1-2H3,(H,20,23)/t13-/m0/s1. The summed E-state index contributed by atoms with van der Waals surface area (Å²) in [6.07, 6.45) is 5.74. The molecular weight excluding hydrogens is 290 g/mol. The number of nitrogens with zero attached hydrogens (tertiary/aromatic N) is 4. The summed E-state index contributed by atoms with van der Waals surface area (Å²) in [5.41, 5.74) is 2.24. The number of carbonyl (C=O) groups is 1. The second-order valence-electron chi connectivity index (χ2n) is 5.86. The summed E-state index contributed by atoms with van der Waals surface area (Å²) in [6.45, 7) is 5.75. The van der Waals surface area contributed by atoms with Gasteiger partial charge in [-0.3, -0.25) is 9.78 Å². The van der Waals surface area contributed by atoms with Crippen molar-refractivity contribution in [2.75, 3.05) is 18.0 Å². The molecular formula is C17H21N5O. The van der Waals surface area contributed by atoms with Gasteiger partial charge in [0.25, 0.3) is 5.91 Å². The van der Waals surface area contributed by atoms with Crippen LogP contribution in [0.5, 0.6) is 0 Å². The molecule has 0 saturated carbocycles. The van der Waals surface area contributed by atoms with E-state index in [-0.39, 0.29) is 11.9 Å². The normalized spacial score (nSPS) is 15.5. The average molecular weight is 311 g/mol. The summed E-state index contributed by atoms with van der Waals surface area (Å²) in [7, 11) is 0. The molecule has 0 radical (unpaired) electrons. The van der Waals surface area contributed by atoms with Crippen LogP contribution < -0.4 is 10.2 Å². The molecule has 2 aromatic rings. The van der Waals surface area contributed by atoms with Crippen LogP contribution in [0.2, 0.25) is 0 Å². The Balaban J connectivity index is 1.76. The van der Waals surface area contributed by atoms with E-state index in [9.17, 15) is 4.79 Å². The number of aromatic nitrogens is 3. The Labute approximate surface area is 136 Å². The van der Waals surface area contributed by atoms with Gasteiger partial charge in [-0.05, 0) is 50.5 Å². The first-order chi connectivity index (χ1) is 11.1. The lowest BCUT2D eigenvalue weighted by atomic mass is 10.1. The van der Waals surface area contributed by atoms with Crippen LogP contribution in [0.1, 0.15) is 47.6 Å². The van der Waals surface area contributed by atoms with Gasteiger partial charge in [-0.25, -0.2) is 9.97 Å². The molecule has 1 fully saturated rings. The van der Waals surface area contributed by atoms with Crippen LogP contribution in [-0.2, 0) is 0 Å².